The van der Waals surface area contributed by atoms with Gasteiger partial charge in [-0.3, -0.25) is 18.6 Å². The standard InChI is InChI=1S/C67H123N2O7P/c1-7-10-13-16-19-22-25-27-28-29-30-31-32-33-34-35-36-37-38-39-40-42-45-48-51-54-57-60-67(71)76-65(58-55-52-49-46-43-24-21-18-15-12-9-3)64(63-75-77(72,73)74-62-61-69(4,5)6)68-66(70)59-56-53-50-47-44-41-26-23-20-17-14-11-8-2/h19,22,27-28,30-31,33-34,41,44,55,58,64-65H,7-18,20-21,23-26,29,32,35-40,42-43,45-54,56-57,59-63H2,1-6H3,(H-,68,70,72,73)/p+1/b22-19-,28-27-,31-30-,34-33-,44-41-,58-55-. The quantitative estimate of drug-likeness (QED) is 0.0205. The van der Waals surface area contributed by atoms with Gasteiger partial charge in [0.2, 0.25) is 5.91 Å². The Bertz CT molecular complexity index is 1550. The lowest BCUT2D eigenvalue weighted by Crippen LogP contribution is -2.47. The van der Waals surface area contributed by atoms with E-state index in [-0.39, 0.29) is 31.5 Å². The van der Waals surface area contributed by atoms with E-state index in [4.69, 9.17) is 13.8 Å². The van der Waals surface area contributed by atoms with Gasteiger partial charge >= 0.3 is 13.8 Å². The van der Waals surface area contributed by atoms with Crippen LogP contribution in [-0.2, 0) is 27.9 Å². The van der Waals surface area contributed by atoms with Gasteiger partial charge in [-0.25, -0.2) is 4.57 Å². The summed E-state index contributed by atoms with van der Waals surface area (Å²) in [4.78, 5) is 37.7. The van der Waals surface area contributed by atoms with Gasteiger partial charge in [0.05, 0.1) is 33.8 Å². The highest BCUT2D eigenvalue weighted by atomic mass is 31.2. The lowest BCUT2D eigenvalue weighted by Gasteiger charge is -2.27. The molecule has 448 valence electrons. The van der Waals surface area contributed by atoms with Crippen LogP contribution in [0.5, 0.6) is 0 Å². The number of ether oxygens (including phenoxy) is 1. The summed E-state index contributed by atoms with van der Waals surface area (Å²) < 4.78 is 30.7. The molecule has 10 heteroatoms. The number of phosphoric acid groups is 1. The summed E-state index contributed by atoms with van der Waals surface area (Å²) in [6, 6.07) is -0.858. The van der Waals surface area contributed by atoms with Crippen molar-refractivity contribution in [3.05, 3.63) is 72.9 Å². The third kappa shape index (κ3) is 57.9. The number of nitrogens with one attached hydrogen (secondary N) is 1. The van der Waals surface area contributed by atoms with Gasteiger partial charge in [0.1, 0.15) is 19.3 Å². The number of rotatable bonds is 58. The third-order valence-corrected chi connectivity index (χ3v) is 15.1. The Kier molecular flexibility index (Phi) is 54.8. The van der Waals surface area contributed by atoms with Crippen molar-refractivity contribution in [1.29, 1.82) is 0 Å². The molecule has 0 radical (unpaired) electrons. The highest BCUT2D eigenvalue weighted by molar-refractivity contribution is 7.47. The summed E-state index contributed by atoms with van der Waals surface area (Å²) in [5.74, 6) is -0.525. The average Bonchev–Trinajstić information content (AvgIpc) is 3.39. The summed E-state index contributed by atoms with van der Waals surface area (Å²) in [7, 11) is 1.48. The monoisotopic (exact) mass is 1100 g/mol. The van der Waals surface area contributed by atoms with Crippen LogP contribution in [0.2, 0.25) is 0 Å². The Morgan fingerprint density at radius 3 is 1.23 bits per heavy atom. The molecule has 77 heavy (non-hydrogen) atoms. The molecule has 0 aromatic carbocycles. The molecule has 3 unspecified atom stereocenters. The highest BCUT2D eigenvalue weighted by Crippen LogP contribution is 2.43. The van der Waals surface area contributed by atoms with E-state index in [0.29, 0.717) is 17.4 Å². The van der Waals surface area contributed by atoms with E-state index in [1.54, 1.807) is 0 Å². The molecule has 0 spiro atoms. The number of hydrogen-bond acceptors (Lipinski definition) is 6. The van der Waals surface area contributed by atoms with Crippen LogP contribution in [0.15, 0.2) is 72.9 Å². The van der Waals surface area contributed by atoms with Crippen molar-refractivity contribution in [3.63, 3.8) is 0 Å². The topological polar surface area (TPSA) is 111 Å². The van der Waals surface area contributed by atoms with Gasteiger partial charge in [-0.2, -0.15) is 0 Å². The molecule has 0 aliphatic heterocycles. The van der Waals surface area contributed by atoms with Crippen molar-refractivity contribution < 1.29 is 37.3 Å². The molecule has 3 atom stereocenters. The zero-order valence-corrected chi connectivity index (χ0v) is 52.1. The molecule has 9 nitrogen and oxygen atoms in total. The number of unbranched alkanes of at least 4 members (excludes halogenated alkanes) is 32. The lowest BCUT2D eigenvalue weighted by atomic mass is 10.0. The average molecular weight is 1100 g/mol. The van der Waals surface area contributed by atoms with E-state index < -0.39 is 20.0 Å². The molecule has 0 saturated heterocycles. The van der Waals surface area contributed by atoms with Gasteiger partial charge in [-0.15, -0.1) is 0 Å². The van der Waals surface area contributed by atoms with E-state index in [9.17, 15) is 19.0 Å². The maximum absolute atomic E-state index is 13.5. The number of amides is 1. The Hall–Kier alpha value is -2.55. The van der Waals surface area contributed by atoms with E-state index in [1.165, 1.54) is 167 Å². The molecule has 2 N–H and O–H groups in total. The van der Waals surface area contributed by atoms with Crippen LogP contribution in [-0.4, -0.2) is 74.3 Å². The van der Waals surface area contributed by atoms with E-state index in [1.807, 2.05) is 33.3 Å². The van der Waals surface area contributed by atoms with Crippen LogP contribution in [0.25, 0.3) is 0 Å². The number of hydrogen-bond donors (Lipinski definition) is 2. The number of carbonyl (C=O) groups excluding carboxylic acids is 2. The zero-order chi connectivity index (χ0) is 56.4. The minimum Gasteiger partial charge on any atom is -0.456 e. The van der Waals surface area contributed by atoms with Crippen LogP contribution < -0.4 is 5.32 Å². The molecular weight excluding hydrogens is 976 g/mol. The number of carbonyl (C=O) groups is 2. The molecule has 0 aliphatic rings. The fourth-order valence-corrected chi connectivity index (χ4v) is 9.83. The molecule has 0 rings (SSSR count). The van der Waals surface area contributed by atoms with Gasteiger partial charge in [0, 0.05) is 12.8 Å². The smallest absolute Gasteiger partial charge is 0.456 e. The maximum atomic E-state index is 13.5. The van der Waals surface area contributed by atoms with Crippen molar-refractivity contribution >= 4 is 19.7 Å². The van der Waals surface area contributed by atoms with Crippen molar-refractivity contribution in [2.45, 2.75) is 303 Å². The van der Waals surface area contributed by atoms with Crippen molar-refractivity contribution in [3.8, 4) is 0 Å². The Labute approximate surface area is 476 Å². The Morgan fingerprint density at radius 2 is 0.792 bits per heavy atom. The SMILES string of the molecule is CCCCC/C=C\C/C=C\C/C=C\C/C=C\CCCCCCCCCCCCCC(=O)OC(/C=C\CCCCCCCCCCC)C(COP(=O)(O)OCC[N+](C)(C)C)NC(=O)CCCCC/C=C\CCCCCCCC. The molecule has 0 fully saturated rings. The van der Waals surface area contributed by atoms with Crippen LogP contribution in [0.4, 0.5) is 0 Å². The second kappa shape index (κ2) is 56.7. The van der Waals surface area contributed by atoms with Gasteiger partial charge in [-0.1, -0.05) is 248 Å². The minimum atomic E-state index is -4.45. The molecule has 0 saturated carbocycles. The highest BCUT2D eigenvalue weighted by Gasteiger charge is 2.30. The molecule has 0 aromatic rings. The first-order valence-corrected chi connectivity index (χ1v) is 33.8. The Balaban J connectivity index is 5.05. The van der Waals surface area contributed by atoms with E-state index in [2.05, 4.69) is 86.8 Å². The first-order chi connectivity index (χ1) is 37.4. The number of phosphoric ester groups is 1. The molecule has 0 heterocycles. The van der Waals surface area contributed by atoms with Crippen LogP contribution in [0, 0.1) is 0 Å². The van der Waals surface area contributed by atoms with Gasteiger partial charge in [-0.05, 0) is 102 Å². The lowest BCUT2D eigenvalue weighted by molar-refractivity contribution is -0.870. The second-order valence-corrected chi connectivity index (χ2v) is 24.4. The number of esters is 1. The van der Waals surface area contributed by atoms with E-state index >= 15 is 0 Å². The summed E-state index contributed by atoms with van der Waals surface area (Å²) in [6.45, 7) is 6.96. The molecule has 1 amide bonds. The Morgan fingerprint density at radius 1 is 0.455 bits per heavy atom. The molecule has 0 aliphatic carbocycles. The molecule has 0 bridgehead atoms. The van der Waals surface area contributed by atoms with Crippen LogP contribution in [0.1, 0.15) is 290 Å². The number of likely N-dealkylation sites (N-methyl/N-ethyl adjacent to an activating group) is 1. The zero-order valence-electron chi connectivity index (χ0n) is 51.2. The maximum Gasteiger partial charge on any atom is 0.472 e. The molecular formula is C67H124N2O7P+. The fourth-order valence-electron chi connectivity index (χ4n) is 9.10. The number of quaternary nitrogens is 1. The van der Waals surface area contributed by atoms with Crippen LogP contribution >= 0.6 is 7.82 Å². The summed E-state index contributed by atoms with van der Waals surface area (Å²) in [5, 5.41) is 3.04. The van der Waals surface area contributed by atoms with E-state index in [0.717, 1.165) is 89.9 Å². The van der Waals surface area contributed by atoms with Gasteiger partial charge in [0.25, 0.3) is 0 Å². The van der Waals surface area contributed by atoms with Crippen molar-refractivity contribution in [2.24, 2.45) is 0 Å². The normalized spacial score (nSPS) is 14.1. The van der Waals surface area contributed by atoms with Gasteiger partial charge < -0.3 is 19.4 Å². The summed E-state index contributed by atoms with van der Waals surface area (Å²) in [6.07, 6.45) is 73.4. The number of nitrogens with zero attached hydrogens (tertiary/aromatic N) is 1. The first-order valence-electron chi connectivity index (χ1n) is 32.3. The second-order valence-electron chi connectivity index (χ2n) is 22.9. The van der Waals surface area contributed by atoms with Crippen LogP contribution in [0.3, 0.4) is 0 Å². The van der Waals surface area contributed by atoms with Crippen molar-refractivity contribution in [1.82, 2.24) is 5.32 Å². The first kappa shape index (κ1) is 74.5. The predicted octanol–water partition coefficient (Wildman–Crippen LogP) is 20.0. The fraction of sp³-hybridized carbons (Fsp3) is 0.791. The minimum absolute atomic E-state index is 0.0356. The predicted molar refractivity (Wildman–Crippen MR) is 332 cm³/mol. The third-order valence-electron chi connectivity index (χ3n) is 14.1. The number of allylic oxidation sites excluding steroid dienone is 11. The summed E-state index contributed by atoms with van der Waals surface area (Å²) in [5.41, 5.74) is 0. The largest absolute Gasteiger partial charge is 0.472 e. The van der Waals surface area contributed by atoms with Crippen molar-refractivity contribution in [2.75, 3.05) is 40.9 Å². The molecule has 0 aromatic heterocycles. The summed E-state index contributed by atoms with van der Waals surface area (Å²) >= 11 is 0. The van der Waals surface area contributed by atoms with Gasteiger partial charge in [0.15, 0.2) is 0 Å².